The van der Waals surface area contributed by atoms with E-state index in [9.17, 15) is 0 Å². The number of nitrogens with one attached hydrogen (secondary N) is 1. The van der Waals surface area contributed by atoms with E-state index in [1.165, 1.54) is 58.2 Å². The Bertz CT molecular complexity index is 191. The zero-order chi connectivity index (χ0) is 13.2. The van der Waals surface area contributed by atoms with Gasteiger partial charge in [-0.3, -0.25) is 4.90 Å². The largest absolute Gasteiger partial charge is 0.396 e. The molecule has 3 heteroatoms. The first-order valence-electron chi connectivity index (χ1n) is 7.82. The van der Waals surface area contributed by atoms with Crippen molar-refractivity contribution in [1.82, 2.24) is 10.2 Å². The third kappa shape index (κ3) is 6.72. The van der Waals surface area contributed by atoms with Crippen LogP contribution in [-0.4, -0.2) is 48.3 Å². The van der Waals surface area contributed by atoms with Gasteiger partial charge in [-0.2, -0.15) is 0 Å². The molecule has 1 heterocycles. The van der Waals surface area contributed by atoms with E-state index in [1.54, 1.807) is 0 Å². The van der Waals surface area contributed by atoms with Crippen molar-refractivity contribution < 1.29 is 5.11 Å². The molecule has 0 radical (unpaired) electrons. The molecule has 1 aliphatic heterocycles. The molecule has 1 saturated heterocycles. The number of aliphatic hydroxyl groups excluding tert-OH is 1. The van der Waals surface area contributed by atoms with E-state index in [0.717, 1.165) is 6.42 Å². The van der Waals surface area contributed by atoms with Crippen molar-refractivity contribution in [3.8, 4) is 0 Å². The molecule has 108 valence electrons. The first-order chi connectivity index (χ1) is 8.74. The molecule has 0 aliphatic carbocycles. The summed E-state index contributed by atoms with van der Waals surface area (Å²) in [4.78, 5) is 2.61. The van der Waals surface area contributed by atoms with Crippen LogP contribution in [0.15, 0.2) is 0 Å². The maximum Gasteiger partial charge on any atom is 0.0431 e. The molecule has 1 aliphatic rings. The van der Waals surface area contributed by atoms with Crippen LogP contribution < -0.4 is 5.32 Å². The predicted molar refractivity (Wildman–Crippen MR) is 77.9 cm³/mol. The SMILES string of the molecule is CC(C)N(CCCCCCO)CC1CCCCN1. The first kappa shape index (κ1) is 15.9. The highest BCUT2D eigenvalue weighted by atomic mass is 16.2. The Hall–Kier alpha value is -0.120. The Morgan fingerprint density at radius 3 is 2.56 bits per heavy atom. The second-order valence-electron chi connectivity index (χ2n) is 5.87. The van der Waals surface area contributed by atoms with Crippen molar-refractivity contribution in [1.29, 1.82) is 0 Å². The van der Waals surface area contributed by atoms with Gasteiger partial charge in [0.25, 0.3) is 0 Å². The summed E-state index contributed by atoms with van der Waals surface area (Å²) in [5, 5.41) is 12.4. The third-order valence-corrected chi connectivity index (χ3v) is 3.95. The van der Waals surface area contributed by atoms with Crippen LogP contribution in [-0.2, 0) is 0 Å². The van der Waals surface area contributed by atoms with Gasteiger partial charge in [-0.25, -0.2) is 0 Å². The van der Waals surface area contributed by atoms with Gasteiger partial charge in [0.15, 0.2) is 0 Å². The molecule has 0 amide bonds. The van der Waals surface area contributed by atoms with Gasteiger partial charge < -0.3 is 10.4 Å². The normalized spacial score (nSPS) is 20.8. The van der Waals surface area contributed by atoms with Gasteiger partial charge in [0.2, 0.25) is 0 Å². The van der Waals surface area contributed by atoms with Gasteiger partial charge in [-0.1, -0.05) is 19.3 Å². The summed E-state index contributed by atoms with van der Waals surface area (Å²) in [6.45, 7) is 8.57. The number of piperidine rings is 1. The minimum atomic E-state index is 0.347. The average Bonchev–Trinajstić information content (AvgIpc) is 2.38. The van der Waals surface area contributed by atoms with Crippen molar-refractivity contribution in [2.75, 3.05) is 26.2 Å². The van der Waals surface area contributed by atoms with E-state index in [4.69, 9.17) is 5.11 Å². The summed E-state index contributed by atoms with van der Waals surface area (Å²) in [5.41, 5.74) is 0. The fourth-order valence-electron chi connectivity index (χ4n) is 2.70. The summed E-state index contributed by atoms with van der Waals surface area (Å²) in [6.07, 6.45) is 8.73. The minimum Gasteiger partial charge on any atom is -0.396 e. The monoisotopic (exact) mass is 256 g/mol. The number of rotatable bonds is 9. The Morgan fingerprint density at radius 1 is 1.17 bits per heavy atom. The van der Waals surface area contributed by atoms with E-state index in [0.29, 0.717) is 18.7 Å². The molecule has 18 heavy (non-hydrogen) atoms. The Labute approximate surface area is 113 Å². The molecule has 1 atom stereocenters. The highest BCUT2D eigenvalue weighted by Crippen LogP contribution is 2.11. The lowest BCUT2D eigenvalue weighted by Crippen LogP contribution is -2.46. The van der Waals surface area contributed by atoms with E-state index in [-0.39, 0.29) is 0 Å². The van der Waals surface area contributed by atoms with Crippen molar-refractivity contribution in [2.24, 2.45) is 0 Å². The second kappa shape index (κ2) is 9.76. The van der Waals surface area contributed by atoms with Crippen LogP contribution in [0.3, 0.4) is 0 Å². The van der Waals surface area contributed by atoms with Crippen molar-refractivity contribution in [3.05, 3.63) is 0 Å². The standard InChI is InChI=1S/C15H32N2O/c1-14(2)17(11-7-3-4-8-12-18)13-15-9-5-6-10-16-15/h14-16,18H,3-13H2,1-2H3. The molecule has 2 N–H and O–H groups in total. The van der Waals surface area contributed by atoms with Crippen molar-refractivity contribution in [3.63, 3.8) is 0 Å². The summed E-state index contributed by atoms with van der Waals surface area (Å²) in [7, 11) is 0. The Kier molecular flexibility index (Phi) is 8.64. The molecular formula is C15H32N2O. The molecule has 0 aromatic rings. The quantitative estimate of drug-likeness (QED) is 0.622. The van der Waals surface area contributed by atoms with Gasteiger partial charge in [0.05, 0.1) is 0 Å². The number of hydrogen-bond acceptors (Lipinski definition) is 3. The lowest BCUT2D eigenvalue weighted by molar-refractivity contribution is 0.180. The van der Waals surface area contributed by atoms with Gasteiger partial charge in [-0.15, -0.1) is 0 Å². The second-order valence-corrected chi connectivity index (χ2v) is 5.87. The zero-order valence-electron chi connectivity index (χ0n) is 12.3. The fourth-order valence-corrected chi connectivity index (χ4v) is 2.70. The fraction of sp³-hybridized carbons (Fsp3) is 1.00. The topological polar surface area (TPSA) is 35.5 Å². The lowest BCUT2D eigenvalue weighted by atomic mass is 10.0. The van der Waals surface area contributed by atoms with Crippen LogP contribution in [0.2, 0.25) is 0 Å². The van der Waals surface area contributed by atoms with Gasteiger partial charge in [0.1, 0.15) is 0 Å². The predicted octanol–water partition coefficient (Wildman–Crippen LogP) is 2.39. The molecule has 1 fully saturated rings. The van der Waals surface area contributed by atoms with Crippen LogP contribution in [0.4, 0.5) is 0 Å². The summed E-state index contributed by atoms with van der Waals surface area (Å²) >= 11 is 0. The molecule has 1 unspecified atom stereocenters. The van der Waals surface area contributed by atoms with Gasteiger partial charge in [-0.05, 0) is 52.6 Å². The molecule has 0 bridgehead atoms. The summed E-state index contributed by atoms with van der Waals surface area (Å²) in [6, 6.07) is 1.35. The molecule has 0 aromatic carbocycles. The smallest absolute Gasteiger partial charge is 0.0431 e. The summed E-state index contributed by atoms with van der Waals surface area (Å²) in [5.74, 6) is 0. The molecule has 1 rings (SSSR count). The summed E-state index contributed by atoms with van der Waals surface area (Å²) < 4.78 is 0. The number of aliphatic hydroxyl groups is 1. The van der Waals surface area contributed by atoms with E-state index >= 15 is 0 Å². The third-order valence-electron chi connectivity index (χ3n) is 3.95. The molecular weight excluding hydrogens is 224 g/mol. The minimum absolute atomic E-state index is 0.347. The highest BCUT2D eigenvalue weighted by Gasteiger charge is 2.17. The van der Waals surface area contributed by atoms with E-state index in [1.807, 2.05) is 0 Å². The highest BCUT2D eigenvalue weighted by molar-refractivity contribution is 4.77. The number of hydrogen-bond donors (Lipinski definition) is 2. The van der Waals surface area contributed by atoms with Crippen LogP contribution in [0.1, 0.15) is 58.8 Å². The first-order valence-corrected chi connectivity index (χ1v) is 7.82. The Balaban J connectivity index is 2.17. The van der Waals surface area contributed by atoms with Crippen LogP contribution in [0.25, 0.3) is 0 Å². The lowest BCUT2D eigenvalue weighted by Gasteiger charge is -2.33. The molecule has 0 saturated carbocycles. The molecule has 3 nitrogen and oxygen atoms in total. The van der Waals surface area contributed by atoms with Gasteiger partial charge >= 0.3 is 0 Å². The van der Waals surface area contributed by atoms with E-state index < -0.39 is 0 Å². The molecule has 0 spiro atoms. The van der Waals surface area contributed by atoms with Crippen LogP contribution in [0, 0.1) is 0 Å². The Morgan fingerprint density at radius 2 is 1.94 bits per heavy atom. The van der Waals surface area contributed by atoms with Gasteiger partial charge in [0, 0.05) is 25.2 Å². The number of nitrogens with zero attached hydrogens (tertiary/aromatic N) is 1. The number of unbranched alkanes of at least 4 members (excludes halogenated alkanes) is 3. The maximum atomic E-state index is 8.76. The zero-order valence-corrected chi connectivity index (χ0v) is 12.3. The van der Waals surface area contributed by atoms with Crippen LogP contribution in [0.5, 0.6) is 0 Å². The van der Waals surface area contributed by atoms with Crippen molar-refractivity contribution in [2.45, 2.75) is 70.9 Å². The molecule has 0 aromatic heterocycles. The van der Waals surface area contributed by atoms with Crippen molar-refractivity contribution >= 4 is 0 Å². The van der Waals surface area contributed by atoms with E-state index in [2.05, 4.69) is 24.1 Å². The average molecular weight is 256 g/mol. The maximum absolute atomic E-state index is 8.76. The van der Waals surface area contributed by atoms with Crippen LogP contribution >= 0.6 is 0 Å².